The Morgan fingerprint density at radius 1 is 1.44 bits per heavy atom. The van der Waals surface area contributed by atoms with Crippen LogP contribution in [-0.2, 0) is 17.9 Å². The molecule has 0 aliphatic carbocycles. The molecular weight excluding hydrogens is 319 g/mol. The van der Waals surface area contributed by atoms with E-state index in [0.29, 0.717) is 18.2 Å². The van der Waals surface area contributed by atoms with Gasteiger partial charge in [-0.1, -0.05) is 12.1 Å². The number of ether oxygens (including phenoxy) is 1. The Balaban J connectivity index is 1.83. The summed E-state index contributed by atoms with van der Waals surface area (Å²) in [5, 5.41) is 6.78. The zero-order chi connectivity index (χ0) is 18.1. The molecule has 1 saturated heterocycles. The quantitative estimate of drug-likeness (QED) is 0.451. The first kappa shape index (κ1) is 19.4. The van der Waals surface area contributed by atoms with Crippen molar-refractivity contribution in [2.75, 3.05) is 33.8 Å². The van der Waals surface area contributed by atoms with Crippen molar-refractivity contribution in [3.8, 4) is 0 Å². The summed E-state index contributed by atoms with van der Waals surface area (Å²) in [6, 6.07) is 5.51. The topological polar surface area (TPSA) is 48.9 Å². The predicted molar refractivity (Wildman–Crippen MR) is 100 cm³/mol. The molecule has 0 aromatic heterocycles. The highest BCUT2D eigenvalue weighted by molar-refractivity contribution is 5.79. The second kappa shape index (κ2) is 10.2. The van der Waals surface area contributed by atoms with Gasteiger partial charge in [0, 0.05) is 51.9 Å². The number of hydrogen-bond donors (Lipinski definition) is 2. The van der Waals surface area contributed by atoms with Crippen LogP contribution in [0.5, 0.6) is 0 Å². The molecule has 2 rings (SSSR count). The van der Waals surface area contributed by atoms with E-state index in [-0.39, 0.29) is 12.4 Å². The van der Waals surface area contributed by atoms with E-state index in [1.807, 2.05) is 12.1 Å². The summed E-state index contributed by atoms with van der Waals surface area (Å²) < 4.78 is 18.7. The fourth-order valence-electron chi connectivity index (χ4n) is 3.02. The summed E-state index contributed by atoms with van der Waals surface area (Å²) in [7, 11) is 3.33. The molecule has 0 saturated carbocycles. The Morgan fingerprint density at radius 3 is 2.84 bits per heavy atom. The van der Waals surface area contributed by atoms with E-state index in [1.165, 1.54) is 6.07 Å². The minimum atomic E-state index is -0.237. The first-order valence-corrected chi connectivity index (χ1v) is 8.73. The van der Waals surface area contributed by atoms with Crippen molar-refractivity contribution in [3.05, 3.63) is 47.8 Å². The van der Waals surface area contributed by atoms with Gasteiger partial charge in [0.25, 0.3) is 0 Å². The molecule has 138 valence electrons. The van der Waals surface area contributed by atoms with Crippen molar-refractivity contribution < 1.29 is 9.13 Å². The molecule has 25 heavy (non-hydrogen) atoms. The van der Waals surface area contributed by atoms with Gasteiger partial charge >= 0.3 is 0 Å². The Kier molecular flexibility index (Phi) is 7.88. The lowest BCUT2D eigenvalue weighted by Crippen LogP contribution is -2.48. The van der Waals surface area contributed by atoms with Crippen molar-refractivity contribution >= 4 is 5.96 Å². The molecule has 1 aromatic carbocycles. The first-order chi connectivity index (χ1) is 12.2. The number of nitrogens with one attached hydrogen (secondary N) is 2. The molecule has 1 aromatic rings. The van der Waals surface area contributed by atoms with E-state index in [1.54, 1.807) is 20.2 Å². The standard InChI is InChI=1S/C19H29FN4O/c1-4-9-24-10-7-17(8-11-24)23-19(21-2)22-13-15-5-6-18(20)16(12-15)14-25-3/h4-6,12,17H,1,7-11,13-14H2,2-3H3,(H2,21,22,23). The second-order valence-corrected chi connectivity index (χ2v) is 6.29. The molecule has 1 aliphatic rings. The number of piperidine rings is 1. The van der Waals surface area contributed by atoms with Crippen LogP contribution in [0.2, 0.25) is 0 Å². The summed E-state index contributed by atoms with van der Waals surface area (Å²) >= 11 is 0. The van der Waals surface area contributed by atoms with Gasteiger partial charge in [-0.3, -0.25) is 9.89 Å². The first-order valence-electron chi connectivity index (χ1n) is 8.73. The molecule has 0 amide bonds. The lowest BCUT2D eigenvalue weighted by atomic mass is 10.1. The third kappa shape index (κ3) is 6.14. The van der Waals surface area contributed by atoms with Crippen LogP contribution < -0.4 is 10.6 Å². The van der Waals surface area contributed by atoms with Crippen LogP contribution >= 0.6 is 0 Å². The Labute approximate surface area is 150 Å². The lowest BCUT2D eigenvalue weighted by molar-refractivity contribution is 0.181. The largest absolute Gasteiger partial charge is 0.380 e. The van der Waals surface area contributed by atoms with Gasteiger partial charge < -0.3 is 15.4 Å². The minimum Gasteiger partial charge on any atom is -0.380 e. The Bertz CT molecular complexity index is 583. The summed E-state index contributed by atoms with van der Waals surface area (Å²) in [5.74, 6) is 0.541. The van der Waals surface area contributed by atoms with Gasteiger partial charge in [0.1, 0.15) is 5.82 Å². The zero-order valence-electron chi connectivity index (χ0n) is 15.2. The van der Waals surface area contributed by atoms with Crippen LogP contribution in [-0.4, -0.2) is 50.7 Å². The van der Waals surface area contributed by atoms with E-state index < -0.39 is 0 Å². The number of methoxy groups -OCH3 is 1. The van der Waals surface area contributed by atoms with E-state index in [9.17, 15) is 4.39 Å². The van der Waals surface area contributed by atoms with Crippen LogP contribution in [0.25, 0.3) is 0 Å². The van der Waals surface area contributed by atoms with Crippen molar-refractivity contribution in [2.24, 2.45) is 4.99 Å². The zero-order valence-corrected chi connectivity index (χ0v) is 15.2. The number of halogens is 1. The normalized spacial score (nSPS) is 16.7. The maximum Gasteiger partial charge on any atom is 0.191 e. The smallest absolute Gasteiger partial charge is 0.191 e. The maximum atomic E-state index is 13.7. The van der Waals surface area contributed by atoms with Crippen LogP contribution in [0.3, 0.4) is 0 Å². The van der Waals surface area contributed by atoms with Gasteiger partial charge in [-0.15, -0.1) is 6.58 Å². The molecule has 1 fully saturated rings. The van der Waals surface area contributed by atoms with E-state index >= 15 is 0 Å². The molecule has 0 spiro atoms. The number of rotatable bonds is 7. The number of likely N-dealkylation sites (tertiary alicyclic amines) is 1. The number of guanidine groups is 1. The van der Waals surface area contributed by atoms with E-state index in [2.05, 4.69) is 27.1 Å². The second-order valence-electron chi connectivity index (χ2n) is 6.29. The van der Waals surface area contributed by atoms with Crippen molar-refractivity contribution in [2.45, 2.75) is 32.0 Å². The number of nitrogens with zero attached hydrogens (tertiary/aromatic N) is 2. The van der Waals surface area contributed by atoms with Gasteiger partial charge in [0.05, 0.1) is 6.61 Å². The number of hydrogen-bond acceptors (Lipinski definition) is 3. The Hall–Kier alpha value is -1.92. The lowest BCUT2D eigenvalue weighted by Gasteiger charge is -2.32. The fourth-order valence-corrected chi connectivity index (χ4v) is 3.02. The van der Waals surface area contributed by atoms with E-state index in [0.717, 1.165) is 44.0 Å². The molecule has 0 unspecified atom stereocenters. The number of aliphatic imine (C=N–C) groups is 1. The molecule has 0 bridgehead atoms. The highest BCUT2D eigenvalue weighted by Crippen LogP contribution is 2.12. The van der Waals surface area contributed by atoms with Crippen LogP contribution in [0.15, 0.2) is 35.8 Å². The van der Waals surface area contributed by atoms with Gasteiger partial charge in [-0.25, -0.2) is 4.39 Å². The van der Waals surface area contributed by atoms with Gasteiger partial charge in [-0.2, -0.15) is 0 Å². The molecule has 1 aliphatic heterocycles. The molecule has 1 heterocycles. The monoisotopic (exact) mass is 348 g/mol. The summed E-state index contributed by atoms with van der Waals surface area (Å²) in [6.45, 7) is 7.75. The van der Waals surface area contributed by atoms with Crippen molar-refractivity contribution in [1.29, 1.82) is 0 Å². The maximum absolute atomic E-state index is 13.7. The summed E-state index contributed by atoms with van der Waals surface area (Å²) in [6.07, 6.45) is 4.13. The third-order valence-corrected chi connectivity index (χ3v) is 4.41. The van der Waals surface area contributed by atoms with Gasteiger partial charge in [-0.05, 0) is 30.5 Å². The minimum absolute atomic E-state index is 0.237. The summed E-state index contributed by atoms with van der Waals surface area (Å²) in [4.78, 5) is 6.69. The van der Waals surface area contributed by atoms with Gasteiger partial charge in [0.2, 0.25) is 0 Å². The third-order valence-electron chi connectivity index (χ3n) is 4.41. The van der Waals surface area contributed by atoms with Crippen LogP contribution in [0, 0.1) is 5.82 Å². The van der Waals surface area contributed by atoms with E-state index in [4.69, 9.17) is 4.74 Å². The molecule has 5 nitrogen and oxygen atoms in total. The van der Waals surface area contributed by atoms with Crippen LogP contribution in [0.1, 0.15) is 24.0 Å². The SMILES string of the molecule is C=CCN1CCC(NC(=NC)NCc2ccc(F)c(COC)c2)CC1. The molecule has 2 N–H and O–H groups in total. The fraction of sp³-hybridized carbons (Fsp3) is 0.526. The molecule has 0 atom stereocenters. The molecule has 0 radical (unpaired) electrons. The van der Waals surface area contributed by atoms with Crippen molar-refractivity contribution in [3.63, 3.8) is 0 Å². The molecule has 6 heteroatoms. The number of benzene rings is 1. The average Bonchev–Trinajstić information content (AvgIpc) is 2.63. The van der Waals surface area contributed by atoms with Crippen molar-refractivity contribution in [1.82, 2.24) is 15.5 Å². The predicted octanol–water partition coefficient (Wildman–Crippen LogP) is 2.29. The van der Waals surface area contributed by atoms with Crippen LogP contribution in [0.4, 0.5) is 4.39 Å². The Morgan fingerprint density at radius 2 is 2.20 bits per heavy atom. The molecular formula is C19H29FN4O. The average molecular weight is 348 g/mol. The van der Waals surface area contributed by atoms with Gasteiger partial charge in [0.15, 0.2) is 5.96 Å². The summed E-state index contributed by atoms with van der Waals surface area (Å²) in [5.41, 5.74) is 1.57. The highest BCUT2D eigenvalue weighted by atomic mass is 19.1. The highest BCUT2D eigenvalue weighted by Gasteiger charge is 2.19.